The van der Waals surface area contributed by atoms with Gasteiger partial charge >= 0.3 is 6.18 Å². The maximum absolute atomic E-state index is 12.8. The second-order valence-electron chi connectivity index (χ2n) is 3.43. The van der Waals surface area contributed by atoms with Gasteiger partial charge in [-0.1, -0.05) is 6.07 Å². The van der Waals surface area contributed by atoms with Crippen LogP contribution >= 0.6 is 0 Å². The molecule has 2 aromatic rings. The zero-order valence-corrected chi connectivity index (χ0v) is 8.05. The van der Waals surface area contributed by atoms with Gasteiger partial charge < -0.3 is 0 Å². The van der Waals surface area contributed by atoms with Gasteiger partial charge in [0.25, 0.3) is 0 Å². The summed E-state index contributed by atoms with van der Waals surface area (Å²) in [6.45, 7) is 0. The molecule has 0 aliphatic carbocycles. The van der Waals surface area contributed by atoms with Crippen molar-refractivity contribution in [2.45, 2.75) is 12.6 Å². The number of nitrogens with zero attached hydrogens (tertiary/aromatic N) is 1. The molecule has 1 nitrogen and oxygen atoms in total. The van der Waals surface area contributed by atoms with Gasteiger partial charge in [0.05, 0.1) is 17.6 Å². The van der Waals surface area contributed by atoms with Gasteiger partial charge in [0.1, 0.15) is 5.82 Å². The predicted molar refractivity (Wildman–Crippen MR) is 51.5 cm³/mol. The lowest BCUT2D eigenvalue weighted by molar-refractivity contribution is -0.127. The number of pyridine rings is 1. The molecule has 5 heteroatoms. The standard InChI is InChI=1S/C11H7F4N/c12-8-2-4-10-7(5-8)1-3-9(16-10)6-11(13,14)15/h1-5H,6H2. The van der Waals surface area contributed by atoms with Crippen LogP contribution in [-0.4, -0.2) is 11.2 Å². The number of hydrogen-bond acceptors (Lipinski definition) is 1. The van der Waals surface area contributed by atoms with Gasteiger partial charge in [-0.05, 0) is 24.3 Å². The van der Waals surface area contributed by atoms with Crippen LogP contribution in [0.5, 0.6) is 0 Å². The fourth-order valence-electron chi connectivity index (χ4n) is 1.44. The third-order valence-electron chi connectivity index (χ3n) is 2.09. The van der Waals surface area contributed by atoms with Gasteiger partial charge in [-0.25, -0.2) is 4.39 Å². The number of aromatic nitrogens is 1. The van der Waals surface area contributed by atoms with E-state index in [1.807, 2.05) is 0 Å². The van der Waals surface area contributed by atoms with Crippen LogP contribution in [0.1, 0.15) is 5.69 Å². The van der Waals surface area contributed by atoms with Crippen molar-refractivity contribution in [3.63, 3.8) is 0 Å². The molecule has 84 valence electrons. The number of rotatable bonds is 1. The summed E-state index contributed by atoms with van der Waals surface area (Å²) in [5, 5.41) is 0.492. The Morgan fingerprint density at radius 3 is 2.50 bits per heavy atom. The maximum atomic E-state index is 12.8. The van der Waals surface area contributed by atoms with Gasteiger partial charge in [0.2, 0.25) is 0 Å². The van der Waals surface area contributed by atoms with E-state index < -0.39 is 18.4 Å². The molecule has 0 spiro atoms. The largest absolute Gasteiger partial charge is 0.394 e. The van der Waals surface area contributed by atoms with Crippen LogP contribution in [0.3, 0.4) is 0 Å². The first-order chi connectivity index (χ1) is 7.44. The highest BCUT2D eigenvalue weighted by Gasteiger charge is 2.28. The Balaban J connectivity index is 2.41. The topological polar surface area (TPSA) is 12.9 Å². The summed E-state index contributed by atoms with van der Waals surface area (Å²) < 4.78 is 49.1. The average Bonchev–Trinajstić information content (AvgIpc) is 2.16. The summed E-state index contributed by atoms with van der Waals surface area (Å²) in [6.07, 6.45) is -5.35. The molecule has 0 radical (unpaired) electrons. The Labute approximate surface area is 88.7 Å². The van der Waals surface area contributed by atoms with Crippen molar-refractivity contribution in [3.05, 3.63) is 41.8 Å². The molecule has 1 aromatic heterocycles. The summed E-state index contributed by atoms with van der Waals surface area (Å²) in [4.78, 5) is 3.82. The molecule has 0 fully saturated rings. The second-order valence-corrected chi connectivity index (χ2v) is 3.43. The highest BCUT2D eigenvalue weighted by Crippen LogP contribution is 2.22. The highest BCUT2D eigenvalue weighted by atomic mass is 19.4. The normalized spacial score (nSPS) is 12.0. The Morgan fingerprint density at radius 1 is 1.06 bits per heavy atom. The SMILES string of the molecule is Fc1ccc2nc(CC(F)(F)F)ccc2c1. The summed E-state index contributed by atoms with van der Waals surface area (Å²) in [5.74, 6) is -0.433. The van der Waals surface area contributed by atoms with Gasteiger partial charge in [0, 0.05) is 5.39 Å². The van der Waals surface area contributed by atoms with Gasteiger partial charge in [-0.15, -0.1) is 0 Å². The van der Waals surface area contributed by atoms with Gasteiger partial charge in [-0.2, -0.15) is 13.2 Å². The van der Waals surface area contributed by atoms with Crippen molar-refractivity contribution in [1.29, 1.82) is 0 Å². The minimum absolute atomic E-state index is 0.0633. The van der Waals surface area contributed by atoms with Crippen molar-refractivity contribution in [2.24, 2.45) is 0 Å². The monoisotopic (exact) mass is 229 g/mol. The molecule has 0 unspecified atom stereocenters. The molecule has 1 heterocycles. The number of halogens is 4. The number of hydrogen-bond donors (Lipinski definition) is 0. The smallest absolute Gasteiger partial charge is 0.252 e. The van der Waals surface area contributed by atoms with Crippen LogP contribution in [0, 0.1) is 5.82 Å². The van der Waals surface area contributed by atoms with Crippen molar-refractivity contribution in [3.8, 4) is 0 Å². The molecule has 0 aliphatic heterocycles. The first-order valence-electron chi connectivity index (χ1n) is 4.56. The lowest BCUT2D eigenvalue weighted by atomic mass is 10.2. The van der Waals surface area contributed by atoms with Crippen molar-refractivity contribution in [2.75, 3.05) is 0 Å². The van der Waals surface area contributed by atoms with E-state index >= 15 is 0 Å². The quantitative estimate of drug-likeness (QED) is 0.682. The third kappa shape index (κ3) is 2.48. The molecule has 0 amide bonds. The lowest BCUT2D eigenvalue weighted by Crippen LogP contribution is -2.12. The zero-order valence-electron chi connectivity index (χ0n) is 8.05. The molecule has 0 atom stereocenters. The Morgan fingerprint density at radius 2 is 1.81 bits per heavy atom. The molecular weight excluding hydrogens is 222 g/mol. The van der Waals surface area contributed by atoms with E-state index in [9.17, 15) is 17.6 Å². The molecular formula is C11H7F4N. The molecule has 0 bridgehead atoms. The maximum Gasteiger partial charge on any atom is 0.394 e. The summed E-state index contributed by atoms with van der Waals surface area (Å²) in [7, 11) is 0. The number of benzene rings is 1. The minimum Gasteiger partial charge on any atom is -0.252 e. The van der Waals surface area contributed by atoms with Crippen LogP contribution in [0.4, 0.5) is 17.6 Å². The molecule has 0 N–H and O–H groups in total. The summed E-state index contributed by atoms with van der Waals surface area (Å²) >= 11 is 0. The fraction of sp³-hybridized carbons (Fsp3) is 0.182. The van der Waals surface area contributed by atoms with E-state index in [4.69, 9.17) is 0 Å². The molecule has 0 saturated heterocycles. The molecule has 1 aromatic carbocycles. The Hall–Kier alpha value is -1.65. The summed E-state index contributed by atoms with van der Waals surface area (Å²) in [5.41, 5.74) is 0.301. The first-order valence-corrected chi connectivity index (χ1v) is 4.56. The molecule has 0 saturated carbocycles. The van der Waals surface area contributed by atoms with Crippen molar-refractivity contribution in [1.82, 2.24) is 4.98 Å². The Bertz CT molecular complexity index is 519. The third-order valence-corrected chi connectivity index (χ3v) is 2.09. The molecule has 0 aliphatic rings. The lowest BCUT2D eigenvalue weighted by Gasteiger charge is -2.06. The zero-order chi connectivity index (χ0) is 11.8. The highest BCUT2D eigenvalue weighted by molar-refractivity contribution is 5.78. The van der Waals surface area contributed by atoms with Crippen LogP contribution in [0.2, 0.25) is 0 Å². The van der Waals surface area contributed by atoms with Crippen LogP contribution < -0.4 is 0 Å². The fourth-order valence-corrected chi connectivity index (χ4v) is 1.44. The number of fused-ring (bicyclic) bond motifs is 1. The van der Waals surface area contributed by atoms with Crippen LogP contribution in [0.25, 0.3) is 10.9 Å². The van der Waals surface area contributed by atoms with Gasteiger partial charge in [-0.3, -0.25) is 4.98 Å². The van der Waals surface area contributed by atoms with E-state index in [0.717, 1.165) is 0 Å². The Kier molecular flexibility index (Phi) is 2.53. The molecule has 2 rings (SSSR count). The average molecular weight is 229 g/mol. The van der Waals surface area contributed by atoms with E-state index in [-0.39, 0.29) is 5.69 Å². The number of alkyl halides is 3. The predicted octanol–water partition coefficient (Wildman–Crippen LogP) is 3.48. The van der Waals surface area contributed by atoms with E-state index in [1.165, 1.54) is 30.3 Å². The van der Waals surface area contributed by atoms with E-state index in [2.05, 4.69) is 4.98 Å². The van der Waals surface area contributed by atoms with Crippen LogP contribution in [-0.2, 0) is 6.42 Å². The van der Waals surface area contributed by atoms with Gasteiger partial charge in [0.15, 0.2) is 0 Å². The second kappa shape index (κ2) is 3.73. The van der Waals surface area contributed by atoms with Crippen LogP contribution in [0.15, 0.2) is 30.3 Å². The van der Waals surface area contributed by atoms with E-state index in [0.29, 0.717) is 10.9 Å². The van der Waals surface area contributed by atoms with Crippen molar-refractivity contribution < 1.29 is 17.6 Å². The minimum atomic E-state index is -4.28. The van der Waals surface area contributed by atoms with E-state index in [1.54, 1.807) is 0 Å². The molecule has 16 heavy (non-hydrogen) atoms. The van der Waals surface area contributed by atoms with Crippen molar-refractivity contribution >= 4 is 10.9 Å². The first kappa shape index (κ1) is 10.9. The summed E-state index contributed by atoms with van der Waals surface area (Å²) in [6, 6.07) is 6.47.